The largest absolute Gasteiger partial charge is 0.489 e. The van der Waals surface area contributed by atoms with Crippen molar-refractivity contribution in [1.82, 2.24) is 10.6 Å². The number of nitrogens with one attached hydrogen (secondary N) is 2. The quantitative estimate of drug-likeness (QED) is 0.812. The van der Waals surface area contributed by atoms with Crippen LogP contribution in [0.15, 0.2) is 48.5 Å². The van der Waals surface area contributed by atoms with Crippen molar-refractivity contribution in [2.45, 2.75) is 13.0 Å². The first kappa shape index (κ1) is 16.8. The van der Waals surface area contributed by atoms with E-state index in [1.54, 1.807) is 0 Å². The number of carbonyl (C=O) groups excluding carboxylic acids is 1. The second-order valence-electron chi connectivity index (χ2n) is 6.03. The van der Waals surface area contributed by atoms with Crippen LogP contribution in [-0.4, -0.2) is 25.5 Å². The summed E-state index contributed by atoms with van der Waals surface area (Å²) in [5, 5.41) is 6.87. The number of hydrogen-bond acceptors (Lipinski definition) is 3. The lowest BCUT2D eigenvalue weighted by molar-refractivity contribution is -0.120. The first-order valence-corrected chi connectivity index (χ1v) is 8.51. The van der Waals surface area contributed by atoms with E-state index in [-0.39, 0.29) is 5.91 Å². The van der Waals surface area contributed by atoms with Gasteiger partial charge >= 0.3 is 0 Å². The Balaban J connectivity index is 1.51. The van der Waals surface area contributed by atoms with Gasteiger partial charge in [0.15, 0.2) is 0 Å². The molecule has 1 amide bonds. The number of amides is 1. The fourth-order valence-electron chi connectivity index (χ4n) is 2.52. The summed E-state index contributed by atoms with van der Waals surface area (Å²) in [6.07, 6.45) is 0.365. The molecule has 0 atom stereocenters. The van der Waals surface area contributed by atoms with Gasteiger partial charge in [-0.3, -0.25) is 4.79 Å². The van der Waals surface area contributed by atoms with Gasteiger partial charge in [-0.25, -0.2) is 0 Å². The van der Waals surface area contributed by atoms with E-state index in [0.29, 0.717) is 24.0 Å². The van der Waals surface area contributed by atoms with Crippen LogP contribution < -0.4 is 15.4 Å². The Hall–Kier alpha value is -2.04. The third-order valence-corrected chi connectivity index (χ3v) is 4.44. The summed E-state index contributed by atoms with van der Waals surface area (Å²) in [5.41, 5.74) is 1.88. The Bertz CT molecular complexity index is 701. The molecule has 0 aliphatic carbocycles. The predicted octanol–water partition coefficient (Wildman–Crippen LogP) is 2.80. The first-order chi connectivity index (χ1) is 11.7. The molecule has 0 unspecified atom stereocenters. The van der Waals surface area contributed by atoms with Crippen LogP contribution in [0.4, 0.5) is 0 Å². The van der Waals surface area contributed by atoms with E-state index >= 15 is 0 Å². The van der Waals surface area contributed by atoms with Gasteiger partial charge in [0.25, 0.3) is 0 Å². The van der Waals surface area contributed by atoms with E-state index in [1.807, 2.05) is 48.5 Å². The minimum absolute atomic E-state index is 0.0464. The zero-order valence-corrected chi connectivity index (χ0v) is 14.2. The average Bonchev–Trinajstić information content (AvgIpc) is 2.53. The van der Waals surface area contributed by atoms with E-state index in [0.717, 1.165) is 36.5 Å². The van der Waals surface area contributed by atoms with E-state index < -0.39 is 0 Å². The zero-order valence-electron chi connectivity index (χ0n) is 13.4. The van der Waals surface area contributed by atoms with Crippen LogP contribution in [0.3, 0.4) is 0 Å². The molecule has 2 aromatic rings. The predicted molar refractivity (Wildman–Crippen MR) is 95.3 cm³/mol. The summed E-state index contributed by atoms with van der Waals surface area (Å²) >= 11 is 6.13. The lowest BCUT2D eigenvalue weighted by Gasteiger charge is -2.27. The molecule has 4 nitrogen and oxygen atoms in total. The van der Waals surface area contributed by atoms with Gasteiger partial charge in [0.2, 0.25) is 5.91 Å². The van der Waals surface area contributed by atoms with Crippen molar-refractivity contribution in [3.63, 3.8) is 0 Å². The van der Waals surface area contributed by atoms with Crippen molar-refractivity contribution >= 4 is 17.5 Å². The molecule has 5 heteroatoms. The number of benzene rings is 2. The second-order valence-corrected chi connectivity index (χ2v) is 6.44. The van der Waals surface area contributed by atoms with Gasteiger partial charge < -0.3 is 15.4 Å². The maximum atomic E-state index is 12.0. The number of rotatable bonds is 7. The molecule has 3 rings (SSSR count). The summed E-state index contributed by atoms with van der Waals surface area (Å²) in [6, 6.07) is 15.2. The van der Waals surface area contributed by atoms with Crippen LogP contribution in [0, 0.1) is 5.92 Å². The van der Waals surface area contributed by atoms with Crippen molar-refractivity contribution in [3.8, 4) is 5.75 Å². The van der Waals surface area contributed by atoms with E-state index in [2.05, 4.69) is 10.6 Å². The summed E-state index contributed by atoms with van der Waals surface area (Å²) in [4.78, 5) is 12.0. The maximum absolute atomic E-state index is 12.0. The lowest BCUT2D eigenvalue weighted by atomic mass is 10.0. The molecule has 0 radical (unpaired) electrons. The fraction of sp³-hybridized carbons (Fsp3) is 0.316. The van der Waals surface area contributed by atoms with Gasteiger partial charge in [-0.1, -0.05) is 41.9 Å². The highest BCUT2D eigenvalue weighted by Crippen LogP contribution is 2.19. The molecular weight excluding hydrogens is 324 g/mol. The van der Waals surface area contributed by atoms with Crippen LogP contribution in [0.2, 0.25) is 5.02 Å². The molecule has 0 aromatic heterocycles. The van der Waals surface area contributed by atoms with Crippen LogP contribution >= 0.6 is 11.6 Å². The Morgan fingerprint density at radius 1 is 1.21 bits per heavy atom. The minimum Gasteiger partial charge on any atom is -0.489 e. The highest BCUT2D eigenvalue weighted by molar-refractivity contribution is 6.31. The molecule has 1 fully saturated rings. The molecule has 24 heavy (non-hydrogen) atoms. The minimum atomic E-state index is 0.0464. The number of ether oxygens (including phenoxy) is 1. The second kappa shape index (κ2) is 8.18. The van der Waals surface area contributed by atoms with Crippen LogP contribution in [0.25, 0.3) is 0 Å². The molecule has 1 saturated heterocycles. The van der Waals surface area contributed by atoms with Gasteiger partial charge in [0, 0.05) is 36.1 Å². The summed E-state index contributed by atoms with van der Waals surface area (Å²) < 4.78 is 5.80. The van der Waals surface area contributed by atoms with E-state index in [4.69, 9.17) is 16.3 Å². The monoisotopic (exact) mass is 344 g/mol. The molecule has 2 aromatic carbocycles. The van der Waals surface area contributed by atoms with Crippen LogP contribution in [-0.2, 0) is 17.8 Å². The molecule has 0 bridgehead atoms. The molecular formula is C19H21ClN2O2. The van der Waals surface area contributed by atoms with Crippen LogP contribution in [0.1, 0.15) is 11.1 Å². The maximum Gasteiger partial charge on any atom is 0.224 e. The van der Waals surface area contributed by atoms with Gasteiger partial charge in [0.1, 0.15) is 12.4 Å². The number of carbonyl (C=O) groups is 1. The molecule has 1 aliphatic rings. The lowest BCUT2D eigenvalue weighted by Crippen LogP contribution is -2.48. The molecule has 2 N–H and O–H groups in total. The average molecular weight is 345 g/mol. The summed E-state index contributed by atoms with van der Waals surface area (Å²) in [6.45, 7) is 3.13. The van der Waals surface area contributed by atoms with Gasteiger partial charge in [0.05, 0.1) is 6.42 Å². The third kappa shape index (κ3) is 4.73. The topological polar surface area (TPSA) is 50.4 Å². The van der Waals surface area contributed by atoms with Crippen LogP contribution in [0.5, 0.6) is 5.75 Å². The highest BCUT2D eigenvalue weighted by atomic mass is 35.5. The van der Waals surface area contributed by atoms with E-state index in [9.17, 15) is 4.79 Å². The Labute approximate surface area is 147 Å². The van der Waals surface area contributed by atoms with Crippen molar-refractivity contribution in [2.75, 3.05) is 19.6 Å². The Morgan fingerprint density at radius 3 is 2.79 bits per heavy atom. The van der Waals surface area contributed by atoms with Gasteiger partial charge in [-0.15, -0.1) is 0 Å². The third-order valence-electron chi connectivity index (χ3n) is 4.07. The normalized spacial score (nSPS) is 14.0. The molecule has 1 aliphatic heterocycles. The highest BCUT2D eigenvalue weighted by Gasteiger charge is 2.17. The molecule has 126 valence electrons. The molecule has 1 heterocycles. The smallest absolute Gasteiger partial charge is 0.224 e. The number of hydrogen-bond donors (Lipinski definition) is 2. The fourth-order valence-corrected chi connectivity index (χ4v) is 2.71. The Morgan fingerprint density at radius 2 is 2.04 bits per heavy atom. The van der Waals surface area contributed by atoms with Crippen molar-refractivity contribution in [2.24, 2.45) is 5.92 Å². The Kier molecular flexibility index (Phi) is 5.72. The standard InChI is InChI=1S/C19H21ClN2O2/c20-18-7-2-1-5-16(18)13-24-17-6-3-4-14(8-17)9-19(23)22-12-15-10-21-11-15/h1-8,15,21H,9-13H2,(H,22,23). The summed E-state index contributed by atoms with van der Waals surface area (Å²) in [5.74, 6) is 1.35. The van der Waals surface area contributed by atoms with Crippen molar-refractivity contribution < 1.29 is 9.53 Å². The van der Waals surface area contributed by atoms with Crippen molar-refractivity contribution in [1.29, 1.82) is 0 Å². The molecule has 0 spiro atoms. The van der Waals surface area contributed by atoms with Gasteiger partial charge in [-0.05, 0) is 23.8 Å². The van der Waals surface area contributed by atoms with E-state index in [1.165, 1.54) is 0 Å². The first-order valence-electron chi connectivity index (χ1n) is 8.13. The molecule has 0 saturated carbocycles. The number of halogens is 1. The summed E-state index contributed by atoms with van der Waals surface area (Å²) in [7, 11) is 0. The SMILES string of the molecule is O=C(Cc1cccc(OCc2ccccc2Cl)c1)NCC1CNC1. The van der Waals surface area contributed by atoms with Crippen molar-refractivity contribution in [3.05, 3.63) is 64.7 Å². The van der Waals surface area contributed by atoms with Gasteiger partial charge in [-0.2, -0.15) is 0 Å². The zero-order chi connectivity index (χ0) is 16.8.